The fourth-order valence-electron chi connectivity index (χ4n) is 2.72. The van der Waals surface area contributed by atoms with Crippen molar-refractivity contribution in [2.45, 2.75) is 32.7 Å². The van der Waals surface area contributed by atoms with Gasteiger partial charge in [-0.3, -0.25) is 0 Å². The summed E-state index contributed by atoms with van der Waals surface area (Å²) in [6, 6.07) is 4.37. The maximum absolute atomic E-state index is 4.57. The fraction of sp³-hybridized carbons (Fsp3) is 0.467. The van der Waals surface area contributed by atoms with Crippen molar-refractivity contribution in [2.75, 3.05) is 23.3 Å². The average molecular weight is 288 g/mol. The van der Waals surface area contributed by atoms with Gasteiger partial charge in [-0.1, -0.05) is 0 Å². The highest BCUT2D eigenvalue weighted by atomic mass is 32.1. The topological polar surface area (TPSA) is 41.1 Å². The highest BCUT2D eigenvalue weighted by molar-refractivity contribution is 7.09. The molecule has 0 saturated carbocycles. The van der Waals surface area contributed by atoms with Gasteiger partial charge in [-0.25, -0.2) is 9.97 Å². The number of hydrogen-bond donors (Lipinski definition) is 1. The minimum absolute atomic E-state index is 0.257. The first-order valence-corrected chi connectivity index (χ1v) is 8.00. The minimum atomic E-state index is 0.257. The molecule has 1 N–H and O–H groups in total. The van der Waals surface area contributed by atoms with E-state index in [1.54, 1.807) is 11.3 Å². The Hall–Kier alpha value is -1.62. The maximum Gasteiger partial charge on any atom is 0.151 e. The summed E-state index contributed by atoms with van der Waals surface area (Å²) >= 11 is 1.71. The standard InChI is InChI=1S/C15H20N4S/c1-11-14(20-10-17-11)12(2)18-13-6-5-7-16-15(13)19-8-3-4-9-19/h5-7,10,12,18H,3-4,8-9H2,1-2H3. The Balaban J connectivity index is 1.82. The summed E-state index contributed by atoms with van der Waals surface area (Å²) in [4.78, 5) is 12.6. The van der Waals surface area contributed by atoms with Crippen LogP contribution < -0.4 is 10.2 Å². The van der Waals surface area contributed by atoms with Crippen LogP contribution in [0.1, 0.15) is 36.4 Å². The normalized spacial score (nSPS) is 16.4. The number of aromatic nitrogens is 2. The Kier molecular flexibility index (Phi) is 3.87. The van der Waals surface area contributed by atoms with E-state index in [1.807, 2.05) is 17.8 Å². The van der Waals surface area contributed by atoms with Crippen molar-refractivity contribution < 1.29 is 0 Å². The van der Waals surface area contributed by atoms with Gasteiger partial charge < -0.3 is 10.2 Å². The summed E-state index contributed by atoms with van der Waals surface area (Å²) in [5, 5.41) is 3.60. The predicted octanol–water partition coefficient (Wildman–Crippen LogP) is 3.62. The number of anilines is 2. The molecule has 0 aromatic carbocycles. The number of aryl methyl sites for hydroxylation is 1. The lowest BCUT2D eigenvalue weighted by Crippen LogP contribution is -2.21. The number of hydrogen-bond acceptors (Lipinski definition) is 5. The smallest absolute Gasteiger partial charge is 0.151 e. The molecule has 106 valence electrons. The van der Waals surface area contributed by atoms with E-state index in [1.165, 1.54) is 17.7 Å². The second-order valence-corrected chi connectivity index (χ2v) is 6.12. The molecule has 2 aromatic rings. The number of nitrogens with one attached hydrogen (secondary N) is 1. The molecule has 0 bridgehead atoms. The van der Waals surface area contributed by atoms with Crippen LogP contribution in [0, 0.1) is 6.92 Å². The number of pyridine rings is 1. The molecular weight excluding hydrogens is 268 g/mol. The first-order chi connectivity index (χ1) is 9.75. The molecule has 1 aliphatic rings. The molecule has 1 unspecified atom stereocenters. The zero-order chi connectivity index (χ0) is 13.9. The van der Waals surface area contributed by atoms with E-state index in [2.05, 4.69) is 40.1 Å². The zero-order valence-electron chi connectivity index (χ0n) is 12.0. The van der Waals surface area contributed by atoms with E-state index in [-0.39, 0.29) is 6.04 Å². The van der Waals surface area contributed by atoms with Crippen LogP contribution in [0.5, 0.6) is 0 Å². The maximum atomic E-state index is 4.57. The second-order valence-electron chi connectivity index (χ2n) is 5.24. The zero-order valence-corrected chi connectivity index (χ0v) is 12.8. The summed E-state index contributed by atoms with van der Waals surface area (Å²) < 4.78 is 0. The van der Waals surface area contributed by atoms with Gasteiger partial charge >= 0.3 is 0 Å². The van der Waals surface area contributed by atoms with E-state index < -0.39 is 0 Å². The van der Waals surface area contributed by atoms with E-state index in [4.69, 9.17) is 0 Å². The molecule has 0 radical (unpaired) electrons. The van der Waals surface area contributed by atoms with Crippen LogP contribution in [0.15, 0.2) is 23.8 Å². The molecule has 2 aromatic heterocycles. The molecule has 0 aliphatic carbocycles. The summed E-state index contributed by atoms with van der Waals surface area (Å²) in [6.45, 7) is 6.47. The van der Waals surface area contributed by atoms with E-state index in [9.17, 15) is 0 Å². The van der Waals surface area contributed by atoms with Gasteiger partial charge in [0.05, 0.1) is 22.9 Å². The van der Waals surface area contributed by atoms with Crippen LogP contribution in [0.4, 0.5) is 11.5 Å². The first kappa shape index (κ1) is 13.4. The monoisotopic (exact) mass is 288 g/mol. The summed E-state index contributed by atoms with van der Waals surface area (Å²) in [5.74, 6) is 1.08. The molecule has 4 nitrogen and oxygen atoms in total. The lowest BCUT2D eigenvalue weighted by molar-refractivity contribution is 0.876. The van der Waals surface area contributed by atoms with Gasteiger partial charge in [0.2, 0.25) is 0 Å². The lowest BCUT2D eigenvalue weighted by Gasteiger charge is -2.22. The molecule has 20 heavy (non-hydrogen) atoms. The van der Waals surface area contributed by atoms with Crippen molar-refractivity contribution in [1.29, 1.82) is 0 Å². The van der Waals surface area contributed by atoms with Crippen molar-refractivity contribution in [1.82, 2.24) is 9.97 Å². The highest BCUT2D eigenvalue weighted by Crippen LogP contribution is 2.31. The Labute approximate surface area is 123 Å². The van der Waals surface area contributed by atoms with E-state index in [0.29, 0.717) is 0 Å². The molecule has 3 rings (SSSR count). The molecule has 1 atom stereocenters. The van der Waals surface area contributed by atoms with Crippen molar-refractivity contribution >= 4 is 22.8 Å². The van der Waals surface area contributed by atoms with Crippen LogP contribution in [0.25, 0.3) is 0 Å². The third-order valence-corrected chi connectivity index (χ3v) is 4.85. The van der Waals surface area contributed by atoms with Crippen LogP contribution >= 0.6 is 11.3 Å². The summed E-state index contributed by atoms with van der Waals surface area (Å²) in [5.41, 5.74) is 4.14. The number of rotatable bonds is 4. The van der Waals surface area contributed by atoms with Gasteiger partial charge in [0, 0.05) is 24.2 Å². The Morgan fingerprint density at radius 2 is 2.10 bits per heavy atom. The lowest BCUT2D eigenvalue weighted by atomic mass is 10.2. The SMILES string of the molecule is Cc1ncsc1C(C)Nc1cccnc1N1CCCC1. The van der Waals surface area contributed by atoms with E-state index >= 15 is 0 Å². The minimum Gasteiger partial charge on any atom is -0.375 e. The van der Waals surface area contributed by atoms with Crippen LogP contribution in [-0.4, -0.2) is 23.1 Å². The Morgan fingerprint density at radius 1 is 1.30 bits per heavy atom. The number of thiazole rings is 1. The molecular formula is C15H20N4S. The molecule has 1 saturated heterocycles. The molecule has 0 spiro atoms. The van der Waals surface area contributed by atoms with Gasteiger partial charge in [0.1, 0.15) is 0 Å². The quantitative estimate of drug-likeness (QED) is 0.933. The van der Waals surface area contributed by atoms with Crippen LogP contribution in [-0.2, 0) is 0 Å². The molecule has 5 heteroatoms. The third kappa shape index (κ3) is 2.63. The largest absolute Gasteiger partial charge is 0.375 e. The second kappa shape index (κ2) is 5.79. The van der Waals surface area contributed by atoms with Crippen molar-refractivity contribution in [3.63, 3.8) is 0 Å². The van der Waals surface area contributed by atoms with Gasteiger partial charge in [-0.05, 0) is 38.8 Å². The Morgan fingerprint density at radius 3 is 2.80 bits per heavy atom. The number of nitrogens with zero attached hydrogens (tertiary/aromatic N) is 3. The molecule has 3 heterocycles. The Bertz CT molecular complexity index is 575. The fourth-order valence-corrected chi connectivity index (χ4v) is 3.53. The highest BCUT2D eigenvalue weighted by Gasteiger charge is 2.19. The van der Waals surface area contributed by atoms with E-state index in [0.717, 1.165) is 30.3 Å². The van der Waals surface area contributed by atoms with Gasteiger partial charge in [-0.2, -0.15) is 0 Å². The first-order valence-electron chi connectivity index (χ1n) is 7.12. The van der Waals surface area contributed by atoms with Crippen molar-refractivity contribution in [2.24, 2.45) is 0 Å². The van der Waals surface area contributed by atoms with Crippen LogP contribution in [0.2, 0.25) is 0 Å². The van der Waals surface area contributed by atoms with Crippen LogP contribution in [0.3, 0.4) is 0 Å². The summed E-state index contributed by atoms with van der Waals surface area (Å²) in [6.07, 6.45) is 4.40. The average Bonchev–Trinajstić information content (AvgIpc) is 3.10. The van der Waals surface area contributed by atoms with Gasteiger partial charge in [0.15, 0.2) is 5.82 Å². The van der Waals surface area contributed by atoms with Gasteiger partial charge in [0.25, 0.3) is 0 Å². The molecule has 1 fully saturated rings. The molecule has 1 aliphatic heterocycles. The van der Waals surface area contributed by atoms with Gasteiger partial charge in [-0.15, -0.1) is 11.3 Å². The summed E-state index contributed by atoms with van der Waals surface area (Å²) in [7, 11) is 0. The van der Waals surface area contributed by atoms with Crippen molar-refractivity contribution in [3.05, 3.63) is 34.4 Å². The molecule has 0 amide bonds. The third-order valence-electron chi connectivity index (χ3n) is 3.74. The van der Waals surface area contributed by atoms with Crippen molar-refractivity contribution in [3.8, 4) is 0 Å². The predicted molar refractivity (Wildman–Crippen MR) is 84.6 cm³/mol.